The first-order chi connectivity index (χ1) is 18.9. The second-order valence-electron chi connectivity index (χ2n) is 10.2. The van der Waals surface area contributed by atoms with E-state index < -0.39 is 5.97 Å². The maximum atomic E-state index is 11.4. The van der Waals surface area contributed by atoms with E-state index in [-0.39, 0.29) is 18.1 Å². The minimum Gasteiger partial charge on any atom is -0.486 e. The lowest BCUT2D eigenvalue weighted by molar-refractivity contribution is 0.0685. The Morgan fingerprint density at radius 2 is 1.59 bits per heavy atom. The second kappa shape index (κ2) is 13.1. The van der Waals surface area contributed by atoms with E-state index in [0.29, 0.717) is 12.0 Å². The lowest BCUT2D eigenvalue weighted by atomic mass is 9.94. The van der Waals surface area contributed by atoms with Crippen LogP contribution in [0.15, 0.2) is 91.1 Å². The minimum absolute atomic E-state index is 0.0802. The summed E-state index contributed by atoms with van der Waals surface area (Å²) in [5.74, 6) is -0.212. The van der Waals surface area contributed by atoms with E-state index in [0.717, 1.165) is 23.2 Å². The van der Waals surface area contributed by atoms with Gasteiger partial charge in [0.25, 0.3) is 0 Å². The fourth-order valence-corrected chi connectivity index (χ4v) is 4.94. The summed E-state index contributed by atoms with van der Waals surface area (Å²) in [6.07, 6.45) is 3.78. The number of pyridine rings is 1. The molecule has 0 aliphatic rings. The Morgan fingerprint density at radius 1 is 0.872 bits per heavy atom. The standard InChI is InChI=1S/C34H38N2O3/c1-5-27(6-2)28-16-18-31(19-17-28)36(24(3)4)22-26-9-7-10-30(21-26)29-14-12-25(13-15-29)23-39-32-11-8-20-35-33(32)34(37)38/h7-21,24,27H,5-6,22-23H2,1-4H3,(H,37,38). The van der Waals surface area contributed by atoms with Crippen LogP contribution in [0.25, 0.3) is 11.1 Å². The van der Waals surface area contributed by atoms with Crippen LogP contribution in [0.4, 0.5) is 5.69 Å². The lowest BCUT2D eigenvalue weighted by Crippen LogP contribution is -2.30. The van der Waals surface area contributed by atoms with Crippen molar-refractivity contribution in [2.75, 3.05) is 4.90 Å². The van der Waals surface area contributed by atoms with Gasteiger partial charge in [-0.05, 0) is 90.8 Å². The lowest BCUT2D eigenvalue weighted by Gasteiger charge is -2.30. The highest BCUT2D eigenvalue weighted by atomic mass is 16.5. The van der Waals surface area contributed by atoms with Crippen molar-refractivity contribution in [2.45, 2.75) is 65.6 Å². The van der Waals surface area contributed by atoms with Gasteiger partial charge < -0.3 is 14.7 Å². The largest absolute Gasteiger partial charge is 0.486 e. The fourth-order valence-electron chi connectivity index (χ4n) is 4.94. The van der Waals surface area contributed by atoms with Crippen LogP contribution in [-0.2, 0) is 13.2 Å². The molecule has 39 heavy (non-hydrogen) atoms. The zero-order chi connectivity index (χ0) is 27.8. The first kappa shape index (κ1) is 27.9. The van der Waals surface area contributed by atoms with Gasteiger partial charge in [-0.25, -0.2) is 9.78 Å². The zero-order valence-electron chi connectivity index (χ0n) is 23.3. The molecule has 0 radical (unpaired) electrons. The summed E-state index contributed by atoms with van der Waals surface area (Å²) in [5.41, 5.74) is 7.09. The normalized spacial score (nSPS) is 11.1. The van der Waals surface area contributed by atoms with E-state index in [2.05, 4.69) is 98.2 Å². The molecule has 0 amide bonds. The number of carbonyl (C=O) groups is 1. The summed E-state index contributed by atoms with van der Waals surface area (Å²) in [7, 11) is 0. The highest BCUT2D eigenvalue weighted by Gasteiger charge is 2.14. The first-order valence-corrected chi connectivity index (χ1v) is 13.8. The number of nitrogens with zero attached hydrogens (tertiary/aromatic N) is 2. The molecule has 0 aliphatic heterocycles. The van der Waals surface area contributed by atoms with E-state index in [1.165, 1.54) is 35.9 Å². The van der Waals surface area contributed by atoms with E-state index in [1.807, 2.05) is 12.1 Å². The van der Waals surface area contributed by atoms with Crippen LogP contribution in [0, 0.1) is 0 Å². The van der Waals surface area contributed by atoms with E-state index in [1.54, 1.807) is 12.1 Å². The second-order valence-corrected chi connectivity index (χ2v) is 10.2. The summed E-state index contributed by atoms with van der Waals surface area (Å²) >= 11 is 0. The molecule has 1 N–H and O–H groups in total. The Kier molecular flexibility index (Phi) is 9.37. The Hall–Kier alpha value is -4.12. The van der Waals surface area contributed by atoms with Crippen LogP contribution < -0.4 is 9.64 Å². The van der Waals surface area contributed by atoms with Crippen molar-refractivity contribution in [3.8, 4) is 16.9 Å². The summed E-state index contributed by atoms with van der Waals surface area (Å²) in [6, 6.07) is 29.7. The van der Waals surface area contributed by atoms with Gasteiger partial charge in [-0.15, -0.1) is 0 Å². The number of carboxylic acids is 1. The molecule has 0 saturated carbocycles. The maximum absolute atomic E-state index is 11.4. The Bertz CT molecular complexity index is 1360. The number of ether oxygens (including phenoxy) is 1. The molecule has 0 fully saturated rings. The van der Waals surface area contributed by atoms with Gasteiger partial charge in [0.15, 0.2) is 11.4 Å². The monoisotopic (exact) mass is 522 g/mol. The van der Waals surface area contributed by atoms with Gasteiger partial charge >= 0.3 is 5.97 Å². The van der Waals surface area contributed by atoms with Crippen LogP contribution in [0.1, 0.15) is 73.6 Å². The highest BCUT2D eigenvalue weighted by molar-refractivity contribution is 5.88. The predicted octanol–water partition coefficient (Wildman–Crippen LogP) is 8.34. The summed E-state index contributed by atoms with van der Waals surface area (Å²) in [5, 5.41) is 9.30. The zero-order valence-corrected chi connectivity index (χ0v) is 23.3. The number of rotatable bonds is 12. The maximum Gasteiger partial charge on any atom is 0.358 e. The molecule has 0 aliphatic carbocycles. The van der Waals surface area contributed by atoms with E-state index in [9.17, 15) is 9.90 Å². The van der Waals surface area contributed by atoms with Gasteiger partial charge in [-0.3, -0.25) is 0 Å². The van der Waals surface area contributed by atoms with Crippen molar-refractivity contribution in [3.05, 3.63) is 114 Å². The number of benzene rings is 3. The average Bonchev–Trinajstić information content (AvgIpc) is 2.96. The van der Waals surface area contributed by atoms with Crippen molar-refractivity contribution in [3.63, 3.8) is 0 Å². The molecule has 0 bridgehead atoms. The molecular weight excluding hydrogens is 484 g/mol. The van der Waals surface area contributed by atoms with E-state index >= 15 is 0 Å². The molecule has 5 heteroatoms. The molecule has 1 aromatic heterocycles. The molecule has 4 aromatic rings. The number of aromatic carboxylic acids is 1. The topological polar surface area (TPSA) is 62.7 Å². The summed E-state index contributed by atoms with van der Waals surface area (Å²) in [6.45, 7) is 10.1. The molecule has 0 spiro atoms. The minimum atomic E-state index is -1.10. The summed E-state index contributed by atoms with van der Waals surface area (Å²) in [4.78, 5) is 17.7. The van der Waals surface area contributed by atoms with Crippen molar-refractivity contribution < 1.29 is 14.6 Å². The molecule has 202 valence electrons. The molecule has 0 atom stereocenters. The van der Waals surface area contributed by atoms with Crippen molar-refractivity contribution in [2.24, 2.45) is 0 Å². The number of hydrogen-bond acceptors (Lipinski definition) is 4. The molecular formula is C34H38N2O3. The molecule has 4 rings (SSSR count). The highest BCUT2D eigenvalue weighted by Crippen LogP contribution is 2.28. The van der Waals surface area contributed by atoms with Gasteiger partial charge in [-0.2, -0.15) is 0 Å². The summed E-state index contributed by atoms with van der Waals surface area (Å²) < 4.78 is 5.74. The van der Waals surface area contributed by atoms with Gasteiger partial charge in [0.05, 0.1) is 0 Å². The van der Waals surface area contributed by atoms with Gasteiger partial charge in [0.1, 0.15) is 6.61 Å². The van der Waals surface area contributed by atoms with Crippen LogP contribution in [-0.4, -0.2) is 22.1 Å². The van der Waals surface area contributed by atoms with Gasteiger partial charge in [0.2, 0.25) is 0 Å². The smallest absolute Gasteiger partial charge is 0.358 e. The Balaban J connectivity index is 1.45. The SMILES string of the molecule is CCC(CC)c1ccc(N(Cc2cccc(-c3ccc(COc4cccnc4C(=O)O)cc3)c2)C(C)C)cc1. The molecule has 0 unspecified atom stereocenters. The predicted molar refractivity (Wildman–Crippen MR) is 158 cm³/mol. The fraction of sp³-hybridized carbons (Fsp3) is 0.294. The van der Waals surface area contributed by atoms with Crippen LogP contribution in [0.5, 0.6) is 5.75 Å². The number of anilines is 1. The number of aromatic nitrogens is 1. The number of hydrogen-bond donors (Lipinski definition) is 1. The third-order valence-electron chi connectivity index (χ3n) is 7.24. The van der Waals surface area contributed by atoms with Crippen molar-refractivity contribution >= 4 is 11.7 Å². The third kappa shape index (κ3) is 7.05. The van der Waals surface area contributed by atoms with Crippen LogP contribution >= 0.6 is 0 Å². The van der Waals surface area contributed by atoms with Gasteiger partial charge in [-0.1, -0.05) is 68.4 Å². The molecule has 1 heterocycles. The van der Waals surface area contributed by atoms with Crippen molar-refractivity contribution in [1.29, 1.82) is 0 Å². The Labute approximate surface area is 232 Å². The van der Waals surface area contributed by atoms with Crippen LogP contribution in [0.3, 0.4) is 0 Å². The molecule has 5 nitrogen and oxygen atoms in total. The average molecular weight is 523 g/mol. The van der Waals surface area contributed by atoms with Gasteiger partial charge in [0, 0.05) is 24.5 Å². The number of carboxylic acid groups (broad SMARTS) is 1. The molecule has 0 saturated heterocycles. The molecule has 3 aromatic carbocycles. The van der Waals surface area contributed by atoms with E-state index in [4.69, 9.17) is 4.74 Å². The third-order valence-corrected chi connectivity index (χ3v) is 7.24. The quantitative estimate of drug-likeness (QED) is 0.203. The van der Waals surface area contributed by atoms with Crippen LogP contribution in [0.2, 0.25) is 0 Å². The van der Waals surface area contributed by atoms with Crippen molar-refractivity contribution in [1.82, 2.24) is 4.98 Å². The Morgan fingerprint density at radius 3 is 2.23 bits per heavy atom. The first-order valence-electron chi connectivity index (χ1n) is 13.8.